The summed E-state index contributed by atoms with van der Waals surface area (Å²) in [6.07, 6.45) is 1.90. The van der Waals surface area contributed by atoms with Crippen molar-refractivity contribution in [2.24, 2.45) is 0 Å². The highest BCUT2D eigenvalue weighted by Crippen LogP contribution is 2.35. The van der Waals surface area contributed by atoms with Crippen LogP contribution in [-0.2, 0) is 19.8 Å². The number of likely N-dealkylation sites (tertiary alicyclic amines) is 1. The van der Waals surface area contributed by atoms with Gasteiger partial charge in [0, 0.05) is 19.5 Å². The summed E-state index contributed by atoms with van der Waals surface area (Å²) in [6, 6.07) is 9.19. The molecular formula is C18H24N2O4. The molecule has 0 aromatic heterocycles. The van der Waals surface area contributed by atoms with Crippen molar-refractivity contribution in [3.63, 3.8) is 0 Å². The van der Waals surface area contributed by atoms with Crippen molar-refractivity contribution in [2.45, 2.75) is 38.0 Å². The second kappa shape index (κ2) is 7.95. The van der Waals surface area contributed by atoms with Gasteiger partial charge in [-0.05, 0) is 24.8 Å². The lowest BCUT2D eigenvalue weighted by Crippen LogP contribution is -2.51. The van der Waals surface area contributed by atoms with E-state index in [1.165, 1.54) is 0 Å². The van der Waals surface area contributed by atoms with Crippen molar-refractivity contribution in [1.29, 1.82) is 0 Å². The van der Waals surface area contributed by atoms with E-state index in [9.17, 15) is 19.5 Å². The Morgan fingerprint density at radius 2 is 1.79 bits per heavy atom. The summed E-state index contributed by atoms with van der Waals surface area (Å²) in [7, 11) is 0. The van der Waals surface area contributed by atoms with E-state index < -0.39 is 11.4 Å². The molecule has 0 bridgehead atoms. The number of hydrogen-bond acceptors (Lipinski definition) is 3. The van der Waals surface area contributed by atoms with Crippen LogP contribution in [0, 0.1) is 0 Å². The van der Waals surface area contributed by atoms with E-state index in [0.29, 0.717) is 32.4 Å². The fourth-order valence-corrected chi connectivity index (χ4v) is 3.12. The highest BCUT2D eigenvalue weighted by atomic mass is 16.4. The summed E-state index contributed by atoms with van der Waals surface area (Å²) in [4.78, 5) is 37.2. The first-order valence-electron chi connectivity index (χ1n) is 8.33. The van der Waals surface area contributed by atoms with Gasteiger partial charge < -0.3 is 15.3 Å². The van der Waals surface area contributed by atoms with Crippen LogP contribution in [0.2, 0.25) is 0 Å². The first-order chi connectivity index (χ1) is 11.5. The Morgan fingerprint density at radius 3 is 2.33 bits per heavy atom. The molecule has 1 fully saturated rings. The molecule has 1 heterocycles. The number of piperidine rings is 1. The first-order valence-corrected chi connectivity index (χ1v) is 8.33. The Bertz CT molecular complexity index is 592. The molecule has 1 aliphatic rings. The number of nitrogens with one attached hydrogen (secondary N) is 1. The molecule has 130 valence electrons. The molecule has 0 atom stereocenters. The minimum atomic E-state index is -0.941. The third-order valence-corrected chi connectivity index (χ3v) is 4.62. The number of hydrogen-bond donors (Lipinski definition) is 2. The van der Waals surface area contributed by atoms with Gasteiger partial charge in [-0.2, -0.15) is 0 Å². The van der Waals surface area contributed by atoms with E-state index in [1.807, 2.05) is 37.3 Å². The van der Waals surface area contributed by atoms with Crippen LogP contribution in [-0.4, -0.2) is 47.4 Å². The Kier molecular flexibility index (Phi) is 5.95. The molecule has 0 aliphatic carbocycles. The first kappa shape index (κ1) is 18.0. The van der Waals surface area contributed by atoms with Crippen LogP contribution in [0.3, 0.4) is 0 Å². The number of benzene rings is 1. The summed E-state index contributed by atoms with van der Waals surface area (Å²) in [5.41, 5.74) is -0.162. The lowest BCUT2D eigenvalue weighted by molar-refractivity contribution is -0.148. The highest BCUT2D eigenvalue weighted by Gasteiger charge is 2.43. The molecule has 1 aliphatic heterocycles. The lowest BCUT2D eigenvalue weighted by Gasteiger charge is -2.39. The number of amides is 2. The van der Waals surface area contributed by atoms with E-state index in [2.05, 4.69) is 5.32 Å². The zero-order valence-corrected chi connectivity index (χ0v) is 14.0. The quantitative estimate of drug-likeness (QED) is 0.827. The summed E-state index contributed by atoms with van der Waals surface area (Å²) in [5.74, 6) is -1.14. The van der Waals surface area contributed by atoms with E-state index in [1.54, 1.807) is 4.90 Å². The number of carboxylic acids is 1. The van der Waals surface area contributed by atoms with Crippen molar-refractivity contribution < 1.29 is 19.5 Å². The van der Waals surface area contributed by atoms with Gasteiger partial charge in [0.1, 0.15) is 0 Å². The predicted molar refractivity (Wildman–Crippen MR) is 89.5 cm³/mol. The molecule has 0 spiro atoms. The zero-order chi connectivity index (χ0) is 17.6. The predicted octanol–water partition coefficient (Wildman–Crippen LogP) is 1.55. The van der Waals surface area contributed by atoms with Gasteiger partial charge in [0.05, 0.1) is 12.0 Å². The maximum Gasteiger partial charge on any atom is 0.314 e. The van der Waals surface area contributed by atoms with Crippen LogP contribution >= 0.6 is 0 Å². The maximum absolute atomic E-state index is 12.2. The standard InChI is InChI=1S/C18H24N2O4/c1-2-6-15(21)19-13-16(22)20-11-9-18(10-12-20,17(23)24)14-7-4-3-5-8-14/h3-5,7-8H,2,6,9-13H2,1H3,(H,19,21)(H,23,24). The summed E-state index contributed by atoms with van der Waals surface area (Å²) in [6.45, 7) is 2.64. The number of carboxylic acid groups (broad SMARTS) is 1. The van der Waals surface area contributed by atoms with Gasteiger partial charge in [0.25, 0.3) is 0 Å². The fraction of sp³-hybridized carbons (Fsp3) is 0.500. The van der Waals surface area contributed by atoms with Gasteiger partial charge in [-0.15, -0.1) is 0 Å². The Balaban J connectivity index is 1.97. The molecule has 0 radical (unpaired) electrons. The second-order valence-corrected chi connectivity index (χ2v) is 6.16. The average molecular weight is 332 g/mol. The molecule has 1 aromatic rings. The molecule has 2 rings (SSSR count). The molecule has 1 aromatic carbocycles. The van der Waals surface area contributed by atoms with Crippen LogP contribution in [0.15, 0.2) is 30.3 Å². The van der Waals surface area contributed by atoms with E-state index in [4.69, 9.17) is 0 Å². The third kappa shape index (κ3) is 3.93. The van der Waals surface area contributed by atoms with Gasteiger partial charge in [0.2, 0.25) is 11.8 Å². The minimum Gasteiger partial charge on any atom is -0.481 e. The van der Waals surface area contributed by atoms with E-state index in [0.717, 1.165) is 12.0 Å². The zero-order valence-electron chi connectivity index (χ0n) is 14.0. The number of rotatable bonds is 6. The summed E-state index contributed by atoms with van der Waals surface area (Å²) in [5, 5.41) is 12.4. The molecule has 6 heteroatoms. The van der Waals surface area contributed by atoms with Crippen molar-refractivity contribution in [1.82, 2.24) is 10.2 Å². The van der Waals surface area contributed by atoms with Crippen LogP contribution in [0.4, 0.5) is 0 Å². The molecule has 0 saturated carbocycles. The van der Waals surface area contributed by atoms with E-state index in [-0.39, 0.29) is 18.4 Å². The summed E-state index contributed by atoms with van der Waals surface area (Å²) < 4.78 is 0. The Hall–Kier alpha value is -2.37. The molecule has 2 N–H and O–H groups in total. The molecule has 24 heavy (non-hydrogen) atoms. The van der Waals surface area contributed by atoms with Crippen molar-refractivity contribution in [3.8, 4) is 0 Å². The normalized spacial score (nSPS) is 16.5. The molecule has 0 unspecified atom stereocenters. The molecule has 6 nitrogen and oxygen atoms in total. The number of carbonyl (C=O) groups is 3. The van der Waals surface area contributed by atoms with Gasteiger partial charge >= 0.3 is 5.97 Å². The monoisotopic (exact) mass is 332 g/mol. The third-order valence-electron chi connectivity index (χ3n) is 4.62. The SMILES string of the molecule is CCCC(=O)NCC(=O)N1CCC(C(=O)O)(c2ccccc2)CC1. The average Bonchev–Trinajstić information content (AvgIpc) is 2.60. The van der Waals surface area contributed by atoms with Crippen LogP contribution in [0.5, 0.6) is 0 Å². The second-order valence-electron chi connectivity index (χ2n) is 6.16. The van der Waals surface area contributed by atoms with Gasteiger partial charge in [-0.1, -0.05) is 37.3 Å². The van der Waals surface area contributed by atoms with Crippen molar-refractivity contribution in [2.75, 3.05) is 19.6 Å². The van der Waals surface area contributed by atoms with Crippen LogP contribution in [0.25, 0.3) is 0 Å². The maximum atomic E-state index is 12.2. The van der Waals surface area contributed by atoms with Gasteiger partial charge in [0.15, 0.2) is 0 Å². The Labute approximate surface area is 141 Å². The van der Waals surface area contributed by atoms with Crippen molar-refractivity contribution >= 4 is 17.8 Å². The molecule has 2 amide bonds. The Morgan fingerprint density at radius 1 is 1.17 bits per heavy atom. The smallest absolute Gasteiger partial charge is 0.314 e. The largest absolute Gasteiger partial charge is 0.481 e. The number of carbonyl (C=O) groups excluding carboxylic acids is 2. The highest BCUT2D eigenvalue weighted by molar-refractivity contribution is 5.86. The van der Waals surface area contributed by atoms with Crippen LogP contribution in [0.1, 0.15) is 38.2 Å². The molecular weight excluding hydrogens is 308 g/mol. The van der Waals surface area contributed by atoms with Crippen molar-refractivity contribution in [3.05, 3.63) is 35.9 Å². The lowest BCUT2D eigenvalue weighted by atomic mass is 9.73. The topological polar surface area (TPSA) is 86.7 Å². The van der Waals surface area contributed by atoms with Crippen LogP contribution < -0.4 is 5.32 Å². The van der Waals surface area contributed by atoms with E-state index >= 15 is 0 Å². The number of nitrogens with zero attached hydrogens (tertiary/aromatic N) is 1. The summed E-state index contributed by atoms with van der Waals surface area (Å²) >= 11 is 0. The fourth-order valence-electron chi connectivity index (χ4n) is 3.12. The molecule has 1 saturated heterocycles. The van der Waals surface area contributed by atoms with Gasteiger partial charge in [-0.25, -0.2) is 0 Å². The van der Waals surface area contributed by atoms with Gasteiger partial charge in [-0.3, -0.25) is 14.4 Å². The number of aliphatic carboxylic acids is 1. The minimum absolute atomic E-state index is 0.0236.